The first-order valence-electron chi connectivity index (χ1n) is 11.9. The topological polar surface area (TPSA) is 64.9 Å². The third kappa shape index (κ3) is 6.84. The second-order valence-electron chi connectivity index (χ2n) is 11.6. The van der Waals surface area contributed by atoms with E-state index < -0.39 is 0 Å². The number of ketones is 1. The van der Waals surface area contributed by atoms with Crippen molar-refractivity contribution >= 4 is 27.8 Å². The van der Waals surface area contributed by atoms with Crippen LogP contribution in [-0.4, -0.2) is 34.7 Å². The van der Waals surface area contributed by atoms with Crippen molar-refractivity contribution in [3.8, 4) is 5.75 Å². The molecule has 0 spiro atoms. The van der Waals surface area contributed by atoms with Crippen molar-refractivity contribution < 1.29 is 9.90 Å². The van der Waals surface area contributed by atoms with Gasteiger partial charge in [-0.2, -0.15) is 5.10 Å². The zero-order chi connectivity index (χ0) is 25.1. The van der Waals surface area contributed by atoms with E-state index in [1.54, 1.807) is 0 Å². The van der Waals surface area contributed by atoms with Crippen molar-refractivity contribution in [1.82, 2.24) is 9.35 Å². The molecular formula is C27H42BrN3O2. The SMILES string of the molecule is C=C(C)C[C@H]1C/C(=N\NBr)N(CC(=O)c2cc(C(C)(C)C)c(O)c(C(C)(C)C)c2)C[C@@H]1CC. The number of carbonyl (C=O) groups excluding carboxylic acids is 1. The Hall–Kier alpha value is -1.82. The smallest absolute Gasteiger partial charge is 0.182 e. The Labute approximate surface area is 209 Å². The van der Waals surface area contributed by atoms with Crippen LogP contribution in [0.25, 0.3) is 0 Å². The third-order valence-electron chi connectivity index (χ3n) is 6.62. The molecular weight excluding hydrogens is 478 g/mol. The summed E-state index contributed by atoms with van der Waals surface area (Å²) in [4.78, 5) is 15.7. The molecule has 2 N–H and O–H groups in total. The molecule has 0 aliphatic carbocycles. The van der Waals surface area contributed by atoms with Crippen LogP contribution in [0, 0.1) is 11.8 Å². The number of nitrogens with zero attached hydrogens (tertiary/aromatic N) is 2. The summed E-state index contributed by atoms with van der Waals surface area (Å²) in [7, 11) is 0. The number of nitrogens with one attached hydrogen (secondary N) is 1. The summed E-state index contributed by atoms with van der Waals surface area (Å²) in [5.41, 5.74) is 2.89. The van der Waals surface area contributed by atoms with Gasteiger partial charge in [0.2, 0.25) is 0 Å². The molecule has 2 atom stereocenters. The fourth-order valence-electron chi connectivity index (χ4n) is 4.74. The number of piperidine rings is 1. The van der Waals surface area contributed by atoms with E-state index in [1.165, 1.54) is 5.57 Å². The van der Waals surface area contributed by atoms with Gasteiger partial charge in [-0.1, -0.05) is 60.5 Å². The summed E-state index contributed by atoms with van der Waals surface area (Å²) in [5, 5.41) is 15.5. The number of carbonyl (C=O) groups is 1. The number of rotatable bonds is 7. The monoisotopic (exact) mass is 519 g/mol. The highest BCUT2D eigenvalue weighted by atomic mass is 79.9. The third-order valence-corrected chi connectivity index (χ3v) is 6.80. The maximum atomic E-state index is 13.6. The second-order valence-corrected chi connectivity index (χ2v) is 12.0. The molecule has 0 bridgehead atoms. The Morgan fingerprint density at radius 3 is 2.15 bits per heavy atom. The highest BCUT2D eigenvalue weighted by molar-refractivity contribution is 9.08. The minimum absolute atomic E-state index is 0.0430. The molecule has 1 aromatic carbocycles. The van der Waals surface area contributed by atoms with Gasteiger partial charge in [0, 0.05) is 29.7 Å². The number of phenols is 1. The fraction of sp³-hybridized carbons (Fsp3) is 0.630. The average molecular weight is 521 g/mol. The van der Waals surface area contributed by atoms with Gasteiger partial charge in [0.1, 0.15) is 11.6 Å². The molecule has 2 rings (SSSR count). The molecule has 0 radical (unpaired) electrons. The number of likely N-dealkylation sites (tertiary alicyclic amines) is 1. The maximum absolute atomic E-state index is 13.6. The van der Waals surface area contributed by atoms with E-state index >= 15 is 0 Å². The van der Waals surface area contributed by atoms with Crippen LogP contribution < -0.4 is 4.45 Å². The van der Waals surface area contributed by atoms with Crippen molar-refractivity contribution in [2.75, 3.05) is 13.1 Å². The van der Waals surface area contributed by atoms with Gasteiger partial charge in [0.05, 0.1) is 22.7 Å². The molecule has 5 nitrogen and oxygen atoms in total. The highest BCUT2D eigenvalue weighted by Crippen LogP contribution is 2.40. The van der Waals surface area contributed by atoms with Gasteiger partial charge < -0.3 is 10.0 Å². The summed E-state index contributed by atoms with van der Waals surface area (Å²) in [6, 6.07) is 3.75. The van der Waals surface area contributed by atoms with Gasteiger partial charge in [-0.05, 0) is 48.1 Å². The maximum Gasteiger partial charge on any atom is 0.182 e. The summed E-state index contributed by atoms with van der Waals surface area (Å²) < 4.78 is 2.74. The Bertz CT molecular complexity index is 874. The average Bonchev–Trinajstić information content (AvgIpc) is 2.67. The summed E-state index contributed by atoms with van der Waals surface area (Å²) in [5.74, 6) is 2.19. The van der Waals surface area contributed by atoms with Crippen LogP contribution in [0.4, 0.5) is 0 Å². The van der Waals surface area contributed by atoms with E-state index in [1.807, 2.05) is 12.1 Å². The Balaban J connectivity index is 2.41. The number of amidine groups is 1. The number of hydrazone groups is 1. The van der Waals surface area contributed by atoms with E-state index in [-0.39, 0.29) is 23.2 Å². The van der Waals surface area contributed by atoms with Crippen molar-refractivity contribution in [2.24, 2.45) is 16.9 Å². The van der Waals surface area contributed by atoms with Crippen LogP contribution in [0.3, 0.4) is 0 Å². The minimum atomic E-state index is -0.277. The summed E-state index contributed by atoms with van der Waals surface area (Å²) in [6.07, 6.45) is 2.84. The molecule has 0 unspecified atom stereocenters. The zero-order valence-electron chi connectivity index (χ0n) is 21.7. The van der Waals surface area contributed by atoms with E-state index in [9.17, 15) is 9.90 Å². The number of halogens is 1. The number of benzene rings is 1. The second kappa shape index (κ2) is 10.6. The Morgan fingerprint density at radius 2 is 1.73 bits per heavy atom. The lowest BCUT2D eigenvalue weighted by molar-refractivity contribution is 0.0938. The number of hydrogen-bond acceptors (Lipinski definition) is 4. The summed E-state index contributed by atoms with van der Waals surface area (Å²) >= 11 is 3.20. The van der Waals surface area contributed by atoms with Crippen LogP contribution in [0.2, 0.25) is 0 Å². The zero-order valence-corrected chi connectivity index (χ0v) is 23.3. The fourth-order valence-corrected chi connectivity index (χ4v) is 4.95. The van der Waals surface area contributed by atoms with Crippen LogP contribution in [0.1, 0.15) is 96.1 Å². The quantitative estimate of drug-likeness (QED) is 0.182. The van der Waals surface area contributed by atoms with Gasteiger partial charge in [-0.15, -0.1) is 6.58 Å². The number of hydrogen-bond donors (Lipinski definition) is 2. The lowest BCUT2D eigenvalue weighted by Gasteiger charge is -2.40. The Morgan fingerprint density at radius 1 is 1.18 bits per heavy atom. The first-order chi connectivity index (χ1) is 15.2. The largest absolute Gasteiger partial charge is 0.507 e. The van der Waals surface area contributed by atoms with E-state index in [0.29, 0.717) is 23.1 Å². The number of allylic oxidation sites excluding steroid dienone is 1. The van der Waals surface area contributed by atoms with Crippen molar-refractivity contribution in [3.05, 3.63) is 41.0 Å². The molecule has 1 aliphatic rings. The van der Waals surface area contributed by atoms with Crippen molar-refractivity contribution in [1.29, 1.82) is 0 Å². The van der Waals surface area contributed by atoms with Gasteiger partial charge in [0.15, 0.2) is 5.78 Å². The van der Waals surface area contributed by atoms with Crippen LogP contribution in [-0.2, 0) is 10.8 Å². The van der Waals surface area contributed by atoms with Crippen LogP contribution in [0.15, 0.2) is 29.4 Å². The number of Topliss-reactive ketones (excluding diaryl/α,β-unsaturated/α-hetero) is 1. The lowest BCUT2D eigenvalue weighted by Crippen LogP contribution is -2.47. The lowest BCUT2D eigenvalue weighted by atomic mass is 9.77. The van der Waals surface area contributed by atoms with Crippen molar-refractivity contribution in [2.45, 2.75) is 85.5 Å². The van der Waals surface area contributed by atoms with Crippen molar-refractivity contribution in [3.63, 3.8) is 0 Å². The normalized spacial score (nSPS) is 20.8. The Kier molecular flexibility index (Phi) is 8.83. The van der Waals surface area contributed by atoms with Crippen LogP contribution >= 0.6 is 16.1 Å². The van der Waals surface area contributed by atoms with Gasteiger partial charge >= 0.3 is 0 Å². The molecule has 1 heterocycles. The summed E-state index contributed by atoms with van der Waals surface area (Å²) in [6.45, 7) is 21.8. The number of aromatic hydroxyl groups is 1. The molecule has 0 saturated carbocycles. The van der Waals surface area contributed by atoms with E-state index in [2.05, 4.69) is 92.6 Å². The van der Waals surface area contributed by atoms with Crippen LogP contribution in [0.5, 0.6) is 5.75 Å². The molecule has 6 heteroatoms. The molecule has 1 fully saturated rings. The predicted octanol–water partition coefficient (Wildman–Crippen LogP) is 6.70. The molecule has 0 amide bonds. The van der Waals surface area contributed by atoms with E-state index in [4.69, 9.17) is 0 Å². The molecule has 1 saturated heterocycles. The highest BCUT2D eigenvalue weighted by Gasteiger charge is 2.34. The predicted molar refractivity (Wildman–Crippen MR) is 142 cm³/mol. The first-order valence-corrected chi connectivity index (χ1v) is 12.7. The molecule has 184 valence electrons. The van der Waals surface area contributed by atoms with Gasteiger partial charge in [-0.25, -0.2) is 4.45 Å². The molecule has 1 aromatic rings. The standard InChI is InChI=1S/C27H42BrN3O2/c1-10-18-15-31(24(29-30-28)14-19(18)11-17(2)3)16-23(32)20-12-21(26(4,5)6)25(33)22(13-20)27(7,8)9/h12-13,18-19,30,33H,2,10-11,14-16H2,1,3-9H3/b29-24+/t18-,19-/m0/s1. The van der Waals surface area contributed by atoms with E-state index in [0.717, 1.165) is 42.8 Å². The number of phenolic OH excluding ortho intramolecular Hbond substituents is 1. The van der Waals surface area contributed by atoms with Gasteiger partial charge in [0.25, 0.3) is 0 Å². The molecule has 33 heavy (non-hydrogen) atoms. The first kappa shape index (κ1) is 27.4. The molecule has 0 aromatic heterocycles. The minimum Gasteiger partial charge on any atom is -0.507 e. The molecule has 1 aliphatic heterocycles. The van der Waals surface area contributed by atoms with Gasteiger partial charge in [-0.3, -0.25) is 4.79 Å².